The molecule has 0 aromatic rings. The van der Waals surface area contributed by atoms with Crippen molar-refractivity contribution >= 4 is 11.9 Å². The molecule has 142 valence electrons. The number of carbonyl (C=O) groups is 2. The number of hydrogen-bond donors (Lipinski definition) is 2. The Hall–Kier alpha value is -1.22. The quantitative estimate of drug-likeness (QED) is 0.375. The Labute approximate surface area is 143 Å². The predicted octanol–water partition coefficient (Wildman–Crippen LogP) is 0.832. The summed E-state index contributed by atoms with van der Waals surface area (Å²) in [4.78, 5) is 21.5. The molecular weight excluding hydrogens is 318 g/mol. The second-order valence-corrected chi connectivity index (χ2v) is 5.35. The first kappa shape index (κ1) is 22.8. The average Bonchev–Trinajstić information content (AvgIpc) is 2.52. The second-order valence-electron chi connectivity index (χ2n) is 5.35. The number of amides is 1. The van der Waals surface area contributed by atoms with Crippen LogP contribution in [0.15, 0.2) is 0 Å². The maximum atomic E-state index is 11.2. The van der Waals surface area contributed by atoms with E-state index < -0.39 is 5.97 Å². The lowest BCUT2D eigenvalue weighted by atomic mass is 10.3. The summed E-state index contributed by atoms with van der Waals surface area (Å²) in [5.41, 5.74) is 0. The van der Waals surface area contributed by atoms with Crippen molar-refractivity contribution in [1.82, 2.24) is 5.32 Å². The number of aliphatic carboxylic acids is 1. The van der Waals surface area contributed by atoms with Gasteiger partial charge in [-0.3, -0.25) is 9.59 Å². The van der Waals surface area contributed by atoms with Gasteiger partial charge < -0.3 is 29.4 Å². The maximum Gasteiger partial charge on any atom is 0.303 e. The van der Waals surface area contributed by atoms with Crippen molar-refractivity contribution in [1.29, 1.82) is 0 Å². The molecule has 0 aliphatic carbocycles. The first-order valence-electron chi connectivity index (χ1n) is 8.35. The van der Waals surface area contributed by atoms with Gasteiger partial charge in [-0.05, 0) is 20.3 Å². The van der Waals surface area contributed by atoms with Gasteiger partial charge in [-0.25, -0.2) is 0 Å². The molecule has 0 unspecified atom stereocenters. The van der Waals surface area contributed by atoms with E-state index in [-0.39, 0.29) is 24.9 Å². The van der Waals surface area contributed by atoms with E-state index in [4.69, 9.17) is 24.1 Å². The van der Waals surface area contributed by atoms with Gasteiger partial charge in [0.15, 0.2) is 0 Å². The third-order valence-electron chi connectivity index (χ3n) is 2.78. The first-order valence-corrected chi connectivity index (χ1v) is 8.35. The number of ether oxygens (including phenoxy) is 4. The van der Waals surface area contributed by atoms with Crippen LogP contribution in [0.2, 0.25) is 0 Å². The molecular formula is C16H31NO7. The fourth-order valence-corrected chi connectivity index (χ4v) is 1.60. The molecule has 0 saturated carbocycles. The molecule has 24 heavy (non-hydrogen) atoms. The number of nitrogens with one attached hydrogen (secondary N) is 1. The Morgan fingerprint density at radius 1 is 0.875 bits per heavy atom. The lowest BCUT2D eigenvalue weighted by molar-refractivity contribution is -0.138. The van der Waals surface area contributed by atoms with Gasteiger partial charge in [-0.1, -0.05) is 0 Å². The van der Waals surface area contributed by atoms with Crippen LogP contribution in [0, 0.1) is 0 Å². The van der Waals surface area contributed by atoms with E-state index in [2.05, 4.69) is 5.32 Å². The van der Waals surface area contributed by atoms with E-state index in [1.165, 1.54) is 0 Å². The van der Waals surface area contributed by atoms with Crippen molar-refractivity contribution in [3.63, 3.8) is 0 Å². The molecule has 0 aromatic carbocycles. The van der Waals surface area contributed by atoms with Crippen LogP contribution in [-0.4, -0.2) is 75.9 Å². The Kier molecular flexibility index (Phi) is 15.8. The van der Waals surface area contributed by atoms with Crippen molar-refractivity contribution in [2.24, 2.45) is 0 Å². The van der Waals surface area contributed by atoms with Crippen LogP contribution in [0.4, 0.5) is 0 Å². The van der Waals surface area contributed by atoms with Gasteiger partial charge in [0.05, 0.1) is 52.2 Å². The summed E-state index contributed by atoms with van der Waals surface area (Å²) in [6, 6.07) is 0. The van der Waals surface area contributed by atoms with Crippen molar-refractivity contribution in [2.75, 3.05) is 52.8 Å². The molecule has 0 aromatic heterocycles. The summed E-state index contributed by atoms with van der Waals surface area (Å²) >= 11 is 0. The molecule has 0 radical (unpaired) electrons. The standard InChI is InChI=1S/C16H31NO7/c1-14(2)24-13-12-23-11-10-22-9-8-21-7-3-6-17-15(18)4-5-16(19)20/h14H,3-13H2,1-2H3,(H,17,18)(H,19,20). The lowest BCUT2D eigenvalue weighted by Gasteiger charge is -2.09. The summed E-state index contributed by atoms with van der Waals surface area (Å²) in [6.45, 7) is 8.16. The van der Waals surface area contributed by atoms with Gasteiger partial charge in [-0.15, -0.1) is 0 Å². The van der Waals surface area contributed by atoms with E-state index in [0.717, 1.165) is 0 Å². The van der Waals surface area contributed by atoms with E-state index in [1.807, 2.05) is 13.8 Å². The van der Waals surface area contributed by atoms with Crippen LogP contribution in [-0.2, 0) is 28.5 Å². The average molecular weight is 349 g/mol. The van der Waals surface area contributed by atoms with Gasteiger partial charge in [0.1, 0.15) is 0 Å². The van der Waals surface area contributed by atoms with Crippen LogP contribution in [0.25, 0.3) is 0 Å². The number of carboxylic acid groups (broad SMARTS) is 1. The Bertz CT molecular complexity index is 324. The number of rotatable bonds is 17. The zero-order chi connectivity index (χ0) is 18.0. The number of carbonyl (C=O) groups excluding carboxylic acids is 1. The highest BCUT2D eigenvalue weighted by molar-refractivity contribution is 5.80. The second kappa shape index (κ2) is 16.6. The normalized spacial score (nSPS) is 11.0. The maximum absolute atomic E-state index is 11.2. The van der Waals surface area contributed by atoms with Crippen molar-refractivity contribution < 1.29 is 33.6 Å². The Balaban J connectivity index is 3.12. The van der Waals surface area contributed by atoms with E-state index >= 15 is 0 Å². The monoisotopic (exact) mass is 349 g/mol. The summed E-state index contributed by atoms with van der Waals surface area (Å²) in [5, 5.41) is 11.1. The Morgan fingerprint density at radius 2 is 1.42 bits per heavy atom. The summed E-state index contributed by atoms with van der Waals surface area (Å²) < 4.78 is 21.4. The molecule has 0 rings (SSSR count). The molecule has 0 aliphatic rings. The topological polar surface area (TPSA) is 103 Å². The molecule has 0 bridgehead atoms. The largest absolute Gasteiger partial charge is 0.481 e. The van der Waals surface area contributed by atoms with Crippen molar-refractivity contribution in [3.8, 4) is 0 Å². The zero-order valence-corrected chi connectivity index (χ0v) is 14.8. The molecule has 0 spiro atoms. The highest BCUT2D eigenvalue weighted by atomic mass is 16.6. The van der Waals surface area contributed by atoms with Crippen LogP contribution in [0.3, 0.4) is 0 Å². The fourth-order valence-electron chi connectivity index (χ4n) is 1.60. The number of carboxylic acids is 1. The molecule has 0 aliphatic heterocycles. The minimum Gasteiger partial charge on any atom is -0.481 e. The van der Waals surface area contributed by atoms with Crippen LogP contribution >= 0.6 is 0 Å². The van der Waals surface area contributed by atoms with Gasteiger partial charge in [0, 0.05) is 19.6 Å². The highest BCUT2D eigenvalue weighted by Gasteiger charge is 2.04. The van der Waals surface area contributed by atoms with Gasteiger partial charge in [0.25, 0.3) is 0 Å². The molecule has 8 nitrogen and oxygen atoms in total. The first-order chi connectivity index (χ1) is 11.5. The van der Waals surface area contributed by atoms with Crippen LogP contribution in [0.5, 0.6) is 0 Å². The molecule has 0 heterocycles. The third-order valence-corrected chi connectivity index (χ3v) is 2.78. The van der Waals surface area contributed by atoms with E-state index in [9.17, 15) is 9.59 Å². The predicted molar refractivity (Wildman–Crippen MR) is 88.0 cm³/mol. The summed E-state index contributed by atoms with van der Waals surface area (Å²) in [5.74, 6) is -1.22. The SMILES string of the molecule is CC(C)OCCOCCOCCOCCCNC(=O)CCC(=O)O. The van der Waals surface area contributed by atoms with E-state index in [0.29, 0.717) is 59.2 Å². The minimum atomic E-state index is -0.970. The van der Waals surface area contributed by atoms with Crippen molar-refractivity contribution in [3.05, 3.63) is 0 Å². The summed E-state index contributed by atoms with van der Waals surface area (Å²) in [7, 11) is 0. The third kappa shape index (κ3) is 18.8. The molecule has 2 N–H and O–H groups in total. The van der Waals surface area contributed by atoms with E-state index in [1.54, 1.807) is 0 Å². The van der Waals surface area contributed by atoms with Crippen LogP contribution in [0.1, 0.15) is 33.1 Å². The molecule has 0 atom stereocenters. The molecule has 0 fully saturated rings. The molecule has 8 heteroatoms. The fraction of sp³-hybridized carbons (Fsp3) is 0.875. The van der Waals surface area contributed by atoms with Gasteiger partial charge in [-0.2, -0.15) is 0 Å². The highest BCUT2D eigenvalue weighted by Crippen LogP contribution is 1.90. The molecule has 1 amide bonds. The van der Waals surface area contributed by atoms with Crippen LogP contribution < -0.4 is 5.32 Å². The minimum absolute atomic E-state index is 0.00962. The lowest BCUT2D eigenvalue weighted by Crippen LogP contribution is -2.25. The molecule has 0 saturated heterocycles. The summed E-state index contributed by atoms with van der Waals surface area (Å²) in [6.07, 6.45) is 0.766. The van der Waals surface area contributed by atoms with Gasteiger partial charge in [0.2, 0.25) is 5.91 Å². The Morgan fingerprint density at radius 3 is 1.96 bits per heavy atom. The number of hydrogen-bond acceptors (Lipinski definition) is 6. The smallest absolute Gasteiger partial charge is 0.303 e. The zero-order valence-electron chi connectivity index (χ0n) is 14.8. The van der Waals surface area contributed by atoms with Gasteiger partial charge >= 0.3 is 5.97 Å². The van der Waals surface area contributed by atoms with Crippen molar-refractivity contribution in [2.45, 2.75) is 39.2 Å².